The number of aliphatic hydroxyl groups is 1. The second-order valence-electron chi connectivity index (χ2n) is 4.32. The lowest BCUT2D eigenvalue weighted by molar-refractivity contribution is 0.0834. The molecule has 16 heavy (non-hydrogen) atoms. The Kier molecular flexibility index (Phi) is 3.24. The van der Waals surface area contributed by atoms with Crippen LogP contribution in [0.1, 0.15) is 41.8 Å². The Morgan fingerprint density at radius 3 is 2.75 bits per heavy atom. The van der Waals surface area contributed by atoms with Crippen LogP contribution >= 0.6 is 0 Å². The number of hydrogen-bond donors (Lipinski definition) is 2. The molecule has 1 fully saturated rings. The molecule has 88 valence electrons. The van der Waals surface area contributed by atoms with Crippen molar-refractivity contribution in [3.05, 3.63) is 17.5 Å². The highest BCUT2D eigenvalue weighted by Crippen LogP contribution is 2.19. The predicted octanol–water partition coefficient (Wildman–Crippen LogP) is 1.02. The van der Waals surface area contributed by atoms with E-state index >= 15 is 0 Å². The fourth-order valence-electron chi connectivity index (χ4n) is 1.98. The standard InChI is InChI=1S/C11H16N2O3/c1-7-6-12-16-10(7)11(15)13-8-2-4-9(14)5-3-8/h6,8-9,14H,2-5H2,1H3,(H,13,15). The normalized spacial score (nSPS) is 25.4. The molecule has 0 aromatic carbocycles. The van der Waals surface area contributed by atoms with Gasteiger partial charge in [-0.2, -0.15) is 0 Å². The van der Waals surface area contributed by atoms with Gasteiger partial charge in [0.15, 0.2) is 0 Å². The van der Waals surface area contributed by atoms with Gasteiger partial charge in [-0.1, -0.05) is 5.16 Å². The molecule has 0 radical (unpaired) electrons. The first kappa shape index (κ1) is 11.1. The molecule has 1 saturated carbocycles. The summed E-state index contributed by atoms with van der Waals surface area (Å²) in [5, 5.41) is 15.8. The third kappa shape index (κ3) is 2.41. The molecule has 1 amide bonds. The molecule has 2 N–H and O–H groups in total. The number of aromatic nitrogens is 1. The molecule has 1 heterocycles. The Morgan fingerprint density at radius 1 is 1.50 bits per heavy atom. The van der Waals surface area contributed by atoms with Crippen LogP contribution in [0.5, 0.6) is 0 Å². The maximum atomic E-state index is 11.8. The summed E-state index contributed by atoms with van der Waals surface area (Å²) in [4.78, 5) is 11.8. The van der Waals surface area contributed by atoms with Crippen molar-refractivity contribution in [2.75, 3.05) is 0 Å². The molecule has 0 atom stereocenters. The van der Waals surface area contributed by atoms with Gasteiger partial charge in [-0.3, -0.25) is 4.79 Å². The summed E-state index contributed by atoms with van der Waals surface area (Å²) in [6.45, 7) is 1.79. The van der Waals surface area contributed by atoms with Crippen molar-refractivity contribution >= 4 is 5.91 Å². The van der Waals surface area contributed by atoms with Crippen LogP contribution in [-0.4, -0.2) is 28.3 Å². The maximum Gasteiger partial charge on any atom is 0.290 e. The molecule has 0 spiro atoms. The number of carbonyl (C=O) groups excluding carboxylic acids is 1. The summed E-state index contributed by atoms with van der Waals surface area (Å²) in [7, 11) is 0. The number of amides is 1. The summed E-state index contributed by atoms with van der Waals surface area (Å²) in [5.74, 6) is 0.0718. The van der Waals surface area contributed by atoms with E-state index < -0.39 is 0 Å². The second kappa shape index (κ2) is 4.65. The number of carbonyl (C=O) groups is 1. The third-order valence-corrected chi connectivity index (χ3v) is 2.99. The fourth-order valence-corrected chi connectivity index (χ4v) is 1.98. The molecule has 0 bridgehead atoms. The SMILES string of the molecule is Cc1cnoc1C(=O)NC1CCC(O)CC1. The van der Waals surface area contributed by atoms with Crippen molar-refractivity contribution in [1.82, 2.24) is 10.5 Å². The van der Waals surface area contributed by atoms with Gasteiger partial charge in [0, 0.05) is 11.6 Å². The van der Waals surface area contributed by atoms with Gasteiger partial charge in [0.1, 0.15) is 0 Å². The molecule has 1 aliphatic rings. The molecule has 5 heteroatoms. The van der Waals surface area contributed by atoms with Crippen molar-refractivity contribution in [1.29, 1.82) is 0 Å². The van der Waals surface area contributed by atoms with E-state index in [-0.39, 0.29) is 23.8 Å². The molecular weight excluding hydrogens is 208 g/mol. The van der Waals surface area contributed by atoms with Crippen LogP contribution in [0.2, 0.25) is 0 Å². The van der Waals surface area contributed by atoms with Gasteiger partial charge in [-0.05, 0) is 32.6 Å². The van der Waals surface area contributed by atoms with Crippen molar-refractivity contribution in [3.8, 4) is 0 Å². The topological polar surface area (TPSA) is 75.4 Å². The number of rotatable bonds is 2. The highest BCUT2D eigenvalue weighted by molar-refractivity contribution is 5.92. The zero-order valence-corrected chi connectivity index (χ0v) is 9.27. The van der Waals surface area contributed by atoms with Crippen molar-refractivity contribution in [2.45, 2.75) is 44.8 Å². The highest BCUT2D eigenvalue weighted by Gasteiger charge is 2.23. The largest absolute Gasteiger partial charge is 0.393 e. The molecular formula is C11H16N2O3. The second-order valence-corrected chi connectivity index (χ2v) is 4.32. The monoisotopic (exact) mass is 224 g/mol. The summed E-state index contributed by atoms with van der Waals surface area (Å²) in [6, 6.07) is 0.139. The first-order valence-corrected chi connectivity index (χ1v) is 5.57. The minimum atomic E-state index is -0.212. The van der Waals surface area contributed by atoms with E-state index in [1.165, 1.54) is 6.20 Å². The number of aliphatic hydroxyl groups excluding tert-OH is 1. The molecule has 1 aromatic heterocycles. The van der Waals surface area contributed by atoms with Crippen molar-refractivity contribution < 1.29 is 14.4 Å². The summed E-state index contributed by atoms with van der Waals surface area (Å²) in [6.07, 6.45) is 4.46. The van der Waals surface area contributed by atoms with E-state index in [9.17, 15) is 9.90 Å². The minimum Gasteiger partial charge on any atom is -0.393 e. The van der Waals surface area contributed by atoms with Crippen LogP contribution in [0, 0.1) is 6.92 Å². The number of hydrogen-bond acceptors (Lipinski definition) is 4. The van der Waals surface area contributed by atoms with Crippen LogP contribution in [0.15, 0.2) is 10.7 Å². The smallest absolute Gasteiger partial charge is 0.290 e. The van der Waals surface area contributed by atoms with Crippen LogP contribution in [0.4, 0.5) is 0 Å². The van der Waals surface area contributed by atoms with Gasteiger partial charge < -0.3 is 14.9 Å². The lowest BCUT2D eigenvalue weighted by atomic mass is 9.93. The van der Waals surface area contributed by atoms with E-state index in [0.29, 0.717) is 0 Å². The van der Waals surface area contributed by atoms with Crippen LogP contribution < -0.4 is 5.32 Å². The fraction of sp³-hybridized carbons (Fsp3) is 0.636. The molecule has 1 aromatic rings. The van der Waals surface area contributed by atoms with E-state index in [1.54, 1.807) is 6.92 Å². The van der Waals surface area contributed by atoms with Gasteiger partial charge in [0.25, 0.3) is 5.91 Å². The maximum absolute atomic E-state index is 11.8. The summed E-state index contributed by atoms with van der Waals surface area (Å²) in [5.41, 5.74) is 0.744. The average molecular weight is 224 g/mol. The Bertz CT molecular complexity index is 367. The van der Waals surface area contributed by atoms with Gasteiger partial charge in [-0.25, -0.2) is 0 Å². The third-order valence-electron chi connectivity index (χ3n) is 2.99. The first-order valence-electron chi connectivity index (χ1n) is 5.57. The zero-order valence-electron chi connectivity index (χ0n) is 9.27. The van der Waals surface area contributed by atoms with E-state index in [1.807, 2.05) is 0 Å². The summed E-state index contributed by atoms with van der Waals surface area (Å²) >= 11 is 0. The first-order chi connectivity index (χ1) is 7.66. The van der Waals surface area contributed by atoms with Crippen LogP contribution in [0.3, 0.4) is 0 Å². The Hall–Kier alpha value is -1.36. The molecule has 1 aliphatic carbocycles. The molecule has 2 rings (SSSR count). The molecule has 0 aliphatic heterocycles. The summed E-state index contributed by atoms with van der Waals surface area (Å²) < 4.78 is 4.88. The lowest BCUT2D eigenvalue weighted by Gasteiger charge is -2.25. The Labute approximate surface area is 93.8 Å². The quantitative estimate of drug-likeness (QED) is 0.786. The number of nitrogens with one attached hydrogen (secondary N) is 1. The molecule has 0 unspecified atom stereocenters. The van der Waals surface area contributed by atoms with Gasteiger partial charge in [-0.15, -0.1) is 0 Å². The lowest BCUT2D eigenvalue weighted by Crippen LogP contribution is -2.38. The number of aryl methyl sites for hydroxylation is 1. The van der Waals surface area contributed by atoms with Gasteiger partial charge >= 0.3 is 0 Å². The van der Waals surface area contributed by atoms with E-state index in [4.69, 9.17) is 4.52 Å². The van der Waals surface area contributed by atoms with E-state index in [2.05, 4.69) is 10.5 Å². The zero-order chi connectivity index (χ0) is 11.5. The number of nitrogens with zero attached hydrogens (tertiary/aromatic N) is 1. The molecule has 0 saturated heterocycles. The average Bonchev–Trinajstić information content (AvgIpc) is 2.68. The van der Waals surface area contributed by atoms with Crippen molar-refractivity contribution in [2.24, 2.45) is 0 Å². The Balaban J connectivity index is 1.91. The van der Waals surface area contributed by atoms with Gasteiger partial charge in [0.05, 0.1) is 12.3 Å². The van der Waals surface area contributed by atoms with Crippen LogP contribution in [-0.2, 0) is 0 Å². The predicted molar refractivity (Wildman–Crippen MR) is 57.0 cm³/mol. The minimum absolute atomic E-state index is 0.139. The highest BCUT2D eigenvalue weighted by atomic mass is 16.5. The van der Waals surface area contributed by atoms with Crippen molar-refractivity contribution in [3.63, 3.8) is 0 Å². The Morgan fingerprint density at radius 2 is 2.19 bits per heavy atom. The van der Waals surface area contributed by atoms with Gasteiger partial charge in [0.2, 0.25) is 5.76 Å². The molecule has 5 nitrogen and oxygen atoms in total. The van der Waals surface area contributed by atoms with E-state index in [0.717, 1.165) is 31.2 Å². The van der Waals surface area contributed by atoms with Crippen LogP contribution in [0.25, 0.3) is 0 Å².